The summed E-state index contributed by atoms with van der Waals surface area (Å²) >= 11 is 0. The Bertz CT molecular complexity index is 1780. The molecular weight excluding hydrogens is 769 g/mol. The molecule has 0 fully saturated rings. The minimum Gasteiger partial charge on any atom is -0.490 e. The van der Waals surface area contributed by atoms with Crippen molar-refractivity contribution in [3.05, 3.63) is 49.1 Å². The van der Waals surface area contributed by atoms with Gasteiger partial charge in [-0.1, -0.05) is 150 Å². The quantitative estimate of drug-likeness (QED) is 0.0254. The van der Waals surface area contributed by atoms with Crippen LogP contribution in [0.25, 0.3) is 32.3 Å². The smallest absolute Gasteiger partial charge is 0.161 e. The van der Waals surface area contributed by atoms with Crippen molar-refractivity contribution in [2.45, 2.75) is 195 Å². The molecule has 62 heavy (non-hydrogen) atoms. The fourth-order valence-electron chi connectivity index (χ4n) is 8.17. The Morgan fingerprint density at radius 3 is 0.677 bits per heavy atom. The first-order valence-corrected chi connectivity index (χ1v) is 25.5. The van der Waals surface area contributed by atoms with Gasteiger partial charge in [-0.3, -0.25) is 0 Å². The average molecular weight is 855 g/mol. The molecule has 6 nitrogen and oxygen atoms in total. The second-order valence-corrected chi connectivity index (χ2v) is 17.4. The Labute approximate surface area is 377 Å². The average Bonchev–Trinajstić information content (AvgIpc) is 3.28. The molecule has 0 amide bonds. The van der Waals surface area contributed by atoms with Crippen LogP contribution in [0.5, 0.6) is 34.5 Å². The van der Waals surface area contributed by atoms with Gasteiger partial charge in [-0.15, -0.1) is 6.58 Å². The van der Waals surface area contributed by atoms with E-state index in [1.807, 2.05) is 6.08 Å². The van der Waals surface area contributed by atoms with Crippen molar-refractivity contribution in [1.29, 1.82) is 0 Å². The van der Waals surface area contributed by atoms with E-state index < -0.39 is 0 Å². The zero-order chi connectivity index (χ0) is 44.0. The van der Waals surface area contributed by atoms with Crippen LogP contribution in [0.3, 0.4) is 0 Å². The summed E-state index contributed by atoms with van der Waals surface area (Å²) in [5.41, 5.74) is 0. The molecule has 0 heterocycles. The lowest BCUT2D eigenvalue weighted by Crippen LogP contribution is -2.05. The van der Waals surface area contributed by atoms with Crippen LogP contribution in [0.1, 0.15) is 195 Å². The van der Waals surface area contributed by atoms with Crippen LogP contribution in [0.2, 0.25) is 0 Å². The van der Waals surface area contributed by atoms with E-state index in [2.05, 4.69) is 77.6 Å². The predicted molar refractivity (Wildman–Crippen MR) is 266 cm³/mol. The van der Waals surface area contributed by atoms with Crippen molar-refractivity contribution in [1.82, 2.24) is 0 Å². The van der Waals surface area contributed by atoms with Gasteiger partial charge in [0.05, 0.1) is 39.6 Å². The van der Waals surface area contributed by atoms with E-state index in [1.165, 1.54) is 77.0 Å². The molecule has 6 heteroatoms. The number of hydrogen-bond acceptors (Lipinski definition) is 6. The molecule has 0 saturated heterocycles. The van der Waals surface area contributed by atoms with Crippen LogP contribution in [0.15, 0.2) is 49.1 Å². The van der Waals surface area contributed by atoms with Crippen LogP contribution in [-0.4, -0.2) is 39.6 Å². The van der Waals surface area contributed by atoms with Gasteiger partial charge in [0.25, 0.3) is 0 Å². The van der Waals surface area contributed by atoms with E-state index >= 15 is 0 Å². The molecule has 4 aromatic carbocycles. The lowest BCUT2D eigenvalue weighted by atomic mass is 9.93. The van der Waals surface area contributed by atoms with Crippen LogP contribution >= 0.6 is 0 Å². The number of fused-ring (bicyclic) bond motifs is 6. The van der Waals surface area contributed by atoms with Gasteiger partial charge in [-0.05, 0) is 120 Å². The highest BCUT2D eigenvalue weighted by molar-refractivity contribution is 6.26. The zero-order valence-electron chi connectivity index (χ0n) is 40.1. The SMILES string of the molecule is C=CCCCCCCOc1cc2c3cc(OCCCCCC)c(OCCCCCC)cc3c3cc(OCCCCCC)c(OCCCCCC)cc3c2cc1OCCCCCC. The minimum absolute atomic E-state index is 0.647. The van der Waals surface area contributed by atoms with Gasteiger partial charge in [0.15, 0.2) is 34.5 Å². The van der Waals surface area contributed by atoms with Crippen LogP contribution < -0.4 is 28.4 Å². The summed E-state index contributed by atoms with van der Waals surface area (Å²) in [7, 11) is 0. The third-order valence-electron chi connectivity index (χ3n) is 12.0. The predicted octanol–water partition coefficient (Wildman–Crippen LogP) is 17.5. The molecule has 4 aromatic rings. The van der Waals surface area contributed by atoms with Gasteiger partial charge in [0.1, 0.15) is 0 Å². The summed E-state index contributed by atoms with van der Waals surface area (Å²) in [6.07, 6.45) is 30.5. The van der Waals surface area contributed by atoms with Crippen LogP contribution in [0.4, 0.5) is 0 Å². The van der Waals surface area contributed by atoms with E-state index in [4.69, 9.17) is 28.4 Å². The Balaban J connectivity index is 1.93. The third kappa shape index (κ3) is 17.1. The number of allylic oxidation sites excluding steroid dienone is 1. The Morgan fingerprint density at radius 1 is 0.290 bits per heavy atom. The van der Waals surface area contributed by atoms with Gasteiger partial charge in [-0.2, -0.15) is 0 Å². The fourth-order valence-corrected chi connectivity index (χ4v) is 8.17. The van der Waals surface area contributed by atoms with Gasteiger partial charge in [0.2, 0.25) is 0 Å². The number of benzene rings is 4. The maximum Gasteiger partial charge on any atom is 0.161 e. The second-order valence-electron chi connectivity index (χ2n) is 17.4. The molecule has 0 radical (unpaired) electrons. The monoisotopic (exact) mass is 855 g/mol. The number of unbranched alkanes of at least 4 members (excludes halogenated alkanes) is 19. The van der Waals surface area contributed by atoms with E-state index in [9.17, 15) is 0 Å². The van der Waals surface area contributed by atoms with Gasteiger partial charge >= 0.3 is 0 Å². The molecule has 0 saturated carbocycles. The first-order chi connectivity index (χ1) is 30.6. The molecule has 0 aliphatic heterocycles. The second kappa shape index (κ2) is 31.1. The molecule has 346 valence electrons. The number of rotatable bonds is 38. The molecule has 0 aliphatic rings. The molecule has 0 N–H and O–H groups in total. The largest absolute Gasteiger partial charge is 0.490 e. The minimum atomic E-state index is 0.647. The highest BCUT2D eigenvalue weighted by atomic mass is 16.5. The highest BCUT2D eigenvalue weighted by Crippen LogP contribution is 2.47. The molecular formula is C56H86O6. The summed E-state index contributed by atoms with van der Waals surface area (Å²) in [6, 6.07) is 13.4. The van der Waals surface area contributed by atoms with Crippen molar-refractivity contribution in [2.24, 2.45) is 0 Å². The Hall–Kier alpha value is -3.80. The molecule has 0 atom stereocenters. The molecule has 4 rings (SSSR count). The van der Waals surface area contributed by atoms with Crippen LogP contribution in [0, 0.1) is 0 Å². The van der Waals surface area contributed by atoms with Crippen molar-refractivity contribution in [3.8, 4) is 34.5 Å². The van der Waals surface area contributed by atoms with E-state index in [0.717, 1.165) is 150 Å². The zero-order valence-corrected chi connectivity index (χ0v) is 40.1. The van der Waals surface area contributed by atoms with Crippen molar-refractivity contribution in [3.63, 3.8) is 0 Å². The molecule has 0 bridgehead atoms. The normalized spacial score (nSPS) is 11.4. The van der Waals surface area contributed by atoms with Gasteiger partial charge in [0, 0.05) is 0 Å². The standard InChI is InChI=1S/C56H86O6/c1-7-13-19-25-26-32-38-62-56-44-50-48-42-54(60-36-30-23-17-11-5)52(58-34-28-21-15-9-3)40-46(48)45-39-51(57-33-27-20-14-8-2)53(59-35-29-22-16-10-4)41-47(45)49(50)43-55(56)61-37-31-24-18-12-6/h7,39-44H,1,8-38H2,2-6H3. The molecule has 0 spiro atoms. The van der Waals surface area contributed by atoms with E-state index in [-0.39, 0.29) is 0 Å². The van der Waals surface area contributed by atoms with Crippen molar-refractivity contribution in [2.75, 3.05) is 39.6 Å². The molecule has 0 aliphatic carbocycles. The molecule has 0 unspecified atom stereocenters. The summed E-state index contributed by atoms with van der Waals surface area (Å²) in [4.78, 5) is 0. The van der Waals surface area contributed by atoms with E-state index in [1.54, 1.807) is 0 Å². The lowest BCUT2D eigenvalue weighted by Gasteiger charge is -2.21. The van der Waals surface area contributed by atoms with Gasteiger partial charge in [-0.25, -0.2) is 0 Å². The summed E-state index contributed by atoms with van der Waals surface area (Å²) in [5.74, 6) is 4.84. The van der Waals surface area contributed by atoms with E-state index in [0.29, 0.717) is 39.6 Å². The first-order valence-electron chi connectivity index (χ1n) is 25.5. The lowest BCUT2D eigenvalue weighted by molar-refractivity contribution is 0.259. The third-order valence-corrected chi connectivity index (χ3v) is 12.0. The van der Waals surface area contributed by atoms with Crippen molar-refractivity contribution >= 4 is 32.3 Å². The van der Waals surface area contributed by atoms with Crippen LogP contribution in [-0.2, 0) is 0 Å². The van der Waals surface area contributed by atoms with Crippen molar-refractivity contribution < 1.29 is 28.4 Å². The summed E-state index contributed by atoms with van der Waals surface area (Å²) < 4.78 is 40.0. The number of hydrogen-bond donors (Lipinski definition) is 0. The first kappa shape index (κ1) is 50.8. The maximum absolute atomic E-state index is 6.69. The Morgan fingerprint density at radius 2 is 0.484 bits per heavy atom. The summed E-state index contributed by atoms with van der Waals surface area (Å²) in [6.45, 7) is 19.1. The number of ether oxygens (including phenoxy) is 6. The van der Waals surface area contributed by atoms with Gasteiger partial charge < -0.3 is 28.4 Å². The topological polar surface area (TPSA) is 55.4 Å². The highest BCUT2D eigenvalue weighted by Gasteiger charge is 2.21. The summed E-state index contributed by atoms with van der Waals surface area (Å²) in [5, 5.41) is 6.67. The maximum atomic E-state index is 6.69. The Kier molecular flexibility index (Phi) is 25.5. The fraction of sp³-hybridized carbons (Fsp3) is 0.643. The molecule has 0 aromatic heterocycles.